The number of nitrogens with zero attached hydrogens (tertiary/aromatic N) is 1. The lowest BCUT2D eigenvalue weighted by atomic mass is 10.1. The smallest absolute Gasteiger partial charge is 0.447 e. The standard InChI is InChI=1S/C20H43N2O6P/c1-6-8-9-10-11-12-13-14-15-19(18-26-20(23)21-7-2)28-29(24,25)27-17-16-22(3,4)5/h19H,6-18H2,1-5H3,(H-,21,23,24,25)/p+1. The molecule has 8 nitrogen and oxygen atoms in total. The number of phosphoric acid groups is 1. The van der Waals surface area contributed by atoms with E-state index in [1.807, 2.05) is 21.1 Å². The SMILES string of the molecule is CCCCCCCCCCC(COC(=O)NCC)OP(=O)(O)OCC[N+](C)(C)C. The molecule has 0 rings (SSSR count). The fourth-order valence-corrected chi connectivity index (χ4v) is 3.60. The second kappa shape index (κ2) is 16.1. The summed E-state index contributed by atoms with van der Waals surface area (Å²) in [5.41, 5.74) is 0. The Kier molecular flexibility index (Phi) is 15.7. The van der Waals surface area contributed by atoms with Crippen LogP contribution in [0.1, 0.15) is 71.6 Å². The van der Waals surface area contributed by atoms with Gasteiger partial charge in [-0.05, 0) is 13.3 Å². The lowest BCUT2D eigenvalue weighted by Gasteiger charge is -2.25. The van der Waals surface area contributed by atoms with Gasteiger partial charge in [0, 0.05) is 6.54 Å². The number of unbranched alkanes of at least 4 members (excludes halogenated alkanes) is 7. The summed E-state index contributed by atoms with van der Waals surface area (Å²) in [5, 5.41) is 2.53. The number of phosphoric ester groups is 1. The lowest BCUT2D eigenvalue weighted by molar-refractivity contribution is -0.870. The summed E-state index contributed by atoms with van der Waals surface area (Å²) in [7, 11) is 1.70. The molecule has 0 heterocycles. The van der Waals surface area contributed by atoms with Crippen molar-refractivity contribution in [1.29, 1.82) is 0 Å². The van der Waals surface area contributed by atoms with Crippen LogP contribution in [0.3, 0.4) is 0 Å². The summed E-state index contributed by atoms with van der Waals surface area (Å²) in [6, 6.07) is 0. The Morgan fingerprint density at radius 2 is 1.62 bits per heavy atom. The Morgan fingerprint density at radius 3 is 2.17 bits per heavy atom. The van der Waals surface area contributed by atoms with Gasteiger partial charge in [-0.25, -0.2) is 9.36 Å². The highest BCUT2D eigenvalue weighted by atomic mass is 31.2. The van der Waals surface area contributed by atoms with Crippen LogP contribution in [0.15, 0.2) is 0 Å². The maximum absolute atomic E-state index is 12.3. The van der Waals surface area contributed by atoms with Crippen molar-refractivity contribution in [1.82, 2.24) is 5.32 Å². The highest BCUT2D eigenvalue weighted by Gasteiger charge is 2.28. The highest BCUT2D eigenvalue weighted by molar-refractivity contribution is 7.47. The minimum Gasteiger partial charge on any atom is -0.447 e. The molecule has 29 heavy (non-hydrogen) atoms. The Bertz CT molecular complexity index is 470. The molecule has 0 aliphatic rings. The van der Waals surface area contributed by atoms with Gasteiger partial charge in [-0.2, -0.15) is 0 Å². The van der Waals surface area contributed by atoms with E-state index in [-0.39, 0.29) is 13.2 Å². The van der Waals surface area contributed by atoms with Gasteiger partial charge in [0.2, 0.25) is 0 Å². The van der Waals surface area contributed by atoms with Gasteiger partial charge in [-0.15, -0.1) is 0 Å². The van der Waals surface area contributed by atoms with Gasteiger partial charge in [-0.1, -0.05) is 58.3 Å². The molecular formula is C20H44N2O6P+. The molecular weight excluding hydrogens is 395 g/mol. The number of hydrogen-bond donors (Lipinski definition) is 2. The zero-order chi connectivity index (χ0) is 22.2. The minimum atomic E-state index is -4.21. The van der Waals surface area contributed by atoms with Crippen LogP contribution in [-0.2, 0) is 18.3 Å². The summed E-state index contributed by atoms with van der Waals surface area (Å²) in [5.74, 6) is 0. The molecule has 1 amide bonds. The number of ether oxygens (including phenoxy) is 1. The number of hydrogen-bond acceptors (Lipinski definition) is 5. The molecule has 0 saturated carbocycles. The number of likely N-dealkylation sites (N-methyl/N-ethyl adjacent to an activating group) is 1. The fraction of sp³-hybridized carbons (Fsp3) is 0.950. The molecule has 0 aliphatic carbocycles. The van der Waals surface area contributed by atoms with Gasteiger partial charge in [-0.3, -0.25) is 9.05 Å². The summed E-state index contributed by atoms with van der Waals surface area (Å²) in [6.07, 6.45) is 8.56. The molecule has 0 aromatic carbocycles. The number of amides is 1. The predicted octanol–water partition coefficient (Wildman–Crippen LogP) is 4.47. The molecule has 2 unspecified atom stereocenters. The number of alkyl carbamates (subject to hydrolysis) is 1. The summed E-state index contributed by atoms with van der Waals surface area (Å²) < 4.78 is 28.4. The number of rotatable bonds is 18. The average Bonchev–Trinajstić information content (AvgIpc) is 2.60. The van der Waals surface area contributed by atoms with E-state index in [4.69, 9.17) is 13.8 Å². The van der Waals surface area contributed by atoms with Crippen molar-refractivity contribution in [2.75, 3.05) is 47.4 Å². The molecule has 0 aliphatic heterocycles. The first-order chi connectivity index (χ1) is 13.6. The van der Waals surface area contributed by atoms with Crippen molar-refractivity contribution < 1.29 is 32.5 Å². The van der Waals surface area contributed by atoms with E-state index in [9.17, 15) is 14.3 Å². The van der Waals surface area contributed by atoms with Crippen molar-refractivity contribution in [2.45, 2.75) is 77.7 Å². The zero-order valence-corrected chi connectivity index (χ0v) is 20.0. The molecule has 2 N–H and O–H groups in total. The van der Waals surface area contributed by atoms with Crippen molar-refractivity contribution in [3.05, 3.63) is 0 Å². The first-order valence-electron chi connectivity index (χ1n) is 11.0. The molecule has 0 bridgehead atoms. The molecule has 174 valence electrons. The molecule has 0 aromatic rings. The van der Waals surface area contributed by atoms with E-state index in [1.165, 1.54) is 32.1 Å². The first kappa shape index (κ1) is 28.3. The third-order valence-corrected chi connectivity index (χ3v) is 5.47. The number of carbonyl (C=O) groups is 1. The maximum Gasteiger partial charge on any atom is 0.472 e. The molecule has 0 spiro atoms. The Morgan fingerprint density at radius 1 is 1.03 bits per heavy atom. The van der Waals surface area contributed by atoms with E-state index in [1.54, 1.807) is 6.92 Å². The average molecular weight is 440 g/mol. The number of quaternary nitrogens is 1. The van der Waals surface area contributed by atoms with E-state index >= 15 is 0 Å². The van der Waals surface area contributed by atoms with Crippen molar-refractivity contribution in [3.8, 4) is 0 Å². The Labute approximate surface area is 177 Å². The molecule has 0 radical (unpaired) electrons. The molecule has 2 atom stereocenters. The molecule has 0 aromatic heterocycles. The van der Waals surface area contributed by atoms with Crippen LogP contribution in [0.25, 0.3) is 0 Å². The van der Waals surface area contributed by atoms with Gasteiger partial charge in [0.05, 0.1) is 21.1 Å². The van der Waals surface area contributed by atoms with Gasteiger partial charge >= 0.3 is 13.9 Å². The van der Waals surface area contributed by atoms with Gasteiger partial charge in [0.1, 0.15) is 25.9 Å². The van der Waals surface area contributed by atoms with Crippen LogP contribution in [0, 0.1) is 0 Å². The number of nitrogens with one attached hydrogen (secondary N) is 1. The van der Waals surface area contributed by atoms with Crippen LogP contribution in [0.5, 0.6) is 0 Å². The van der Waals surface area contributed by atoms with Gasteiger partial charge < -0.3 is 19.4 Å². The second-order valence-corrected chi connectivity index (χ2v) is 9.84. The third-order valence-electron chi connectivity index (χ3n) is 4.40. The molecule has 0 saturated heterocycles. The zero-order valence-electron chi connectivity index (χ0n) is 19.2. The van der Waals surface area contributed by atoms with Crippen LogP contribution in [0.4, 0.5) is 4.79 Å². The summed E-state index contributed by atoms with van der Waals surface area (Å²) >= 11 is 0. The first-order valence-corrected chi connectivity index (χ1v) is 12.5. The molecule has 0 fully saturated rings. The van der Waals surface area contributed by atoms with E-state index in [0.29, 0.717) is 24.0 Å². The highest BCUT2D eigenvalue weighted by Crippen LogP contribution is 2.45. The monoisotopic (exact) mass is 439 g/mol. The van der Waals surface area contributed by atoms with E-state index < -0.39 is 20.0 Å². The summed E-state index contributed by atoms with van der Waals surface area (Å²) in [6.45, 7) is 5.06. The Hall–Kier alpha value is -0.660. The maximum atomic E-state index is 12.3. The van der Waals surface area contributed by atoms with E-state index in [2.05, 4.69) is 12.2 Å². The third kappa shape index (κ3) is 19.1. The van der Waals surface area contributed by atoms with Crippen LogP contribution >= 0.6 is 7.82 Å². The largest absolute Gasteiger partial charge is 0.472 e. The van der Waals surface area contributed by atoms with E-state index in [0.717, 1.165) is 19.3 Å². The number of carbonyl (C=O) groups excluding carboxylic acids is 1. The van der Waals surface area contributed by atoms with Crippen molar-refractivity contribution in [3.63, 3.8) is 0 Å². The quantitative estimate of drug-likeness (QED) is 0.186. The second-order valence-electron chi connectivity index (χ2n) is 8.44. The van der Waals surface area contributed by atoms with Crippen molar-refractivity contribution in [2.24, 2.45) is 0 Å². The lowest BCUT2D eigenvalue weighted by Crippen LogP contribution is -2.37. The van der Waals surface area contributed by atoms with Crippen LogP contribution < -0.4 is 5.32 Å². The van der Waals surface area contributed by atoms with Crippen LogP contribution in [-0.4, -0.2) is 69.0 Å². The van der Waals surface area contributed by atoms with Gasteiger partial charge in [0.15, 0.2) is 0 Å². The minimum absolute atomic E-state index is 0.0778. The summed E-state index contributed by atoms with van der Waals surface area (Å²) in [4.78, 5) is 21.6. The topological polar surface area (TPSA) is 94.1 Å². The van der Waals surface area contributed by atoms with Gasteiger partial charge in [0.25, 0.3) is 0 Å². The van der Waals surface area contributed by atoms with Crippen molar-refractivity contribution >= 4 is 13.9 Å². The normalized spacial score (nSPS) is 15.0. The van der Waals surface area contributed by atoms with Crippen LogP contribution in [0.2, 0.25) is 0 Å². The fourth-order valence-electron chi connectivity index (χ4n) is 2.69. The Balaban J connectivity index is 4.40. The molecule has 9 heteroatoms. The predicted molar refractivity (Wildman–Crippen MR) is 116 cm³/mol.